The fourth-order valence-corrected chi connectivity index (χ4v) is 3.32. The van der Waals surface area contributed by atoms with Crippen molar-refractivity contribution in [3.8, 4) is 5.75 Å². The van der Waals surface area contributed by atoms with Gasteiger partial charge in [0.1, 0.15) is 5.75 Å². The molecule has 148 valence electrons. The van der Waals surface area contributed by atoms with Crippen LogP contribution in [0.3, 0.4) is 0 Å². The minimum atomic E-state index is -0.530. The number of benzene rings is 2. The van der Waals surface area contributed by atoms with Crippen LogP contribution >= 0.6 is 11.6 Å². The summed E-state index contributed by atoms with van der Waals surface area (Å²) in [7, 11) is 0. The SMILES string of the molecule is C[C@H](C(=O)Nc1cc([N+](=O)[O-])ccc1Cl)N1CCN(c2ccc(O)cc2)CC1. The lowest BCUT2D eigenvalue weighted by Gasteiger charge is -2.38. The van der Waals surface area contributed by atoms with Gasteiger partial charge in [0.15, 0.2) is 0 Å². The largest absolute Gasteiger partial charge is 0.508 e. The summed E-state index contributed by atoms with van der Waals surface area (Å²) in [6.07, 6.45) is 0. The fraction of sp³-hybridized carbons (Fsp3) is 0.316. The Labute approximate surface area is 167 Å². The Bertz CT molecular complexity index is 867. The van der Waals surface area contributed by atoms with Crippen LogP contribution in [0.25, 0.3) is 0 Å². The highest BCUT2D eigenvalue weighted by Gasteiger charge is 2.26. The van der Waals surface area contributed by atoms with E-state index in [1.165, 1.54) is 18.2 Å². The average Bonchev–Trinajstić information content (AvgIpc) is 2.69. The second kappa shape index (κ2) is 8.45. The molecular formula is C19H21ClN4O4. The van der Waals surface area contributed by atoms with Crippen molar-refractivity contribution in [3.63, 3.8) is 0 Å². The van der Waals surface area contributed by atoms with E-state index in [2.05, 4.69) is 15.1 Å². The van der Waals surface area contributed by atoms with Crippen molar-refractivity contribution in [2.24, 2.45) is 0 Å². The first-order valence-corrected chi connectivity index (χ1v) is 9.26. The third-order valence-corrected chi connectivity index (χ3v) is 5.20. The number of amides is 1. The van der Waals surface area contributed by atoms with Crippen molar-refractivity contribution < 1.29 is 14.8 Å². The summed E-state index contributed by atoms with van der Waals surface area (Å²) < 4.78 is 0. The number of hydrogen-bond acceptors (Lipinski definition) is 6. The van der Waals surface area contributed by atoms with Crippen LogP contribution in [0.4, 0.5) is 17.1 Å². The van der Waals surface area contributed by atoms with Crippen LogP contribution in [-0.2, 0) is 4.79 Å². The van der Waals surface area contributed by atoms with Crippen molar-refractivity contribution in [1.29, 1.82) is 0 Å². The van der Waals surface area contributed by atoms with E-state index in [0.29, 0.717) is 13.1 Å². The van der Waals surface area contributed by atoms with E-state index in [1.54, 1.807) is 19.1 Å². The lowest BCUT2D eigenvalue weighted by molar-refractivity contribution is -0.384. The Morgan fingerprint density at radius 2 is 1.82 bits per heavy atom. The van der Waals surface area contributed by atoms with E-state index in [4.69, 9.17) is 11.6 Å². The first kappa shape index (κ1) is 19.9. The quantitative estimate of drug-likeness (QED) is 0.586. The van der Waals surface area contributed by atoms with Crippen LogP contribution in [-0.4, -0.2) is 53.1 Å². The van der Waals surface area contributed by atoms with Crippen LogP contribution < -0.4 is 10.2 Å². The molecule has 2 aromatic carbocycles. The van der Waals surface area contributed by atoms with Crippen molar-refractivity contribution >= 4 is 34.6 Å². The Hall–Kier alpha value is -2.84. The maximum Gasteiger partial charge on any atom is 0.271 e. The van der Waals surface area contributed by atoms with Gasteiger partial charge in [0.2, 0.25) is 5.91 Å². The number of carbonyl (C=O) groups is 1. The molecule has 1 amide bonds. The maximum atomic E-state index is 12.6. The van der Waals surface area contributed by atoms with Crippen LogP contribution in [0.15, 0.2) is 42.5 Å². The number of nitro groups is 1. The number of nitrogens with one attached hydrogen (secondary N) is 1. The summed E-state index contributed by atoms with van der Waals surface area (Å²) in [6, 6.07) is 10.6. The van der Waals surface area contributed by atoms with Gasteiger partial charge in [0, 0.05) is 44.0 Å². The fourth-order valence-electron chi connectivity index (χ4n) is 3.16. The number of non-ortho nitro benzene ring substituents is 1. The second-order valence-corrected chi connectivity index (χ2v) is 7.03. The van der Waals surface area contributed by atoms with Gasteiger partial charge in [0.25, 0.3) is 5.69 Å². The molecule has 9 heteroatoms. The number of aromatic hydroxyl groups is 1. The number of nitrogens with zero attached hydrogens (tertiary/aromatic N) is 3. The summed E-state index contributed by atoms with van der Waals surface area (Å²) in [4.78, 5) is 27.2. The number of halogens is 1. The molecule has 2 N–H and O–H groups in total. The monoisotopic (exact) mass is 404 g/mol. The Morgan fingerprint density at radius 3 is 2.43 bits per heavy atom. The van der Waals surface area contributed by atoms with Gasteiger partial charge in [-0.25, -0.2) is 0 Å². The van der Waals surface area contributed by atoms with Gasteiger partial charge < -0.3 is 15.3 Å². The first-order valence-electron chi connectivity index (χ1n) is 8.88. The van der Waals surface area contributed by atoms with Gasteiger partial charge in [-0.05, 0) is 37.3 Å². The topological polar surface area (TPSA) is 98.9 Å². The standard InChI is InChI=1S/C19H21ClN4O4/c1-13(19(26)21-18-12-15(24(27)28)4-7-17(18)20)22-8-10-23(11-9-22)14-2-5-16(25)6-3-14/h2-7,12-13,25H,8-11H2,1H3,(H,21,26)/t13-/m1/s1. The van der Waals surface area contributed by atoms with E-state index < -0.39 is 11.0 Å². The number of anilines is 2. The maximum absolute atomic E-state index is 12.6. The van der Waals surface area contributed by atoms with Crippen LogP contribution in [0.5, 0.6) is 5.75 Å². The van der Waals surface area contributed by atoms with Gasteiger partial charge in [0.05, 0.1) is 21.7 Å². The lowest BCUT2D eigenvalue weighted by Crippen LogP contribution is -2.52. The molecule has 0 unspecified atom stereocenters. The summed E-state index contributed by atoms with van der Waals surface area (Å²) in [5, 5.41) is 23.3. The molecule has 3 rings (SSSR count). The number of carbonyl (C=O) groups excluding carboxylic acids is 1. The molecule has 0 bridgehead atoms. The molecule has 8 nitrogen and oxygen atoms in total. The lowest BCUT2D eigenvalue weighted by atomic mass is 10.2. The number of phenolic OH excluding ortho intramolecular Hbond substituents is 1. The van der Waals surface area contributed by atoms with E-state index >= 15 is 0 Å². The Balaban J connectivity index is 1.59. The van der Waals surface area contributed by atoms with E-state index in [0.717, 1.165) is 18.8 Å². The minimum Gasteiger partial charge on any atom is -0.508 e. The third kappa shape index (κ3) is 4.52. The highest BCUT2D eigenvalue weighted by atomic mass is 35.5. The minimum absolute atomic E-state index is 0.130. The average molecular weight is 405 g/mol. The molecule has 28 heavy (non-hydrogen) atoms. The predicted octanol–water partition coefficient (Wildman–Crippen LogP) is 3.10. The molecule has 2 aromatic rings. The van der Waals surface area contributed by atoms with Gasteiger partial charge in [-0.2, -0.15) is 0 Å². The smallest absolute Gasteiger partial charge is 0.271 e. The number of hydrogen-bond donors (Lipinski definition) is 2. The molecule has 1 aliphatic rings. The molecular weight excluding hydrogens is 384 g/mol. The van der Waals surface area contributed by atoms with Crippen LogP contribution in [0, 0.1) is 10.1 Å². The molecule has 0 spiro atoms. The number of piperazine rings is 1. The van der Waals surface area contributed by atoms with E-state index in [-0.39, 0.29) is 28.1 Å². The summed E-state index contributed by atoms with van der Waals surface area (Å²) in [6.45, 7) is 4.69. The zero-order valence-electron chi connectivity index (χ0n) is 15.3. The van der Waals surface area contributed by atoms with Crippen molar-refractivity contribution in [2.45, 2.75) is 13.0 Å². The van der Waals surface area contributed by atoms with Crippen LogP contribution in [0.2, 0.25) is 5.02 Å². The highest BCUT2D eigenvalue weighted by Crippen LogP contribution is 2.27. The molecule has 0 aromatic heterocycles. The van der Waals surface area contributed by atoms with Crippen LogP contribution in [0.1, 0.15) is 6.92 Å². The molecule has 1 atom stereocenters. The number of nitro benzene ring substituents is 1. The van der Waals surface area contributed by atoms with E-state index in [9.17, 15) is 20.0 Å². The zero-order valence-corrected chi connectivity index (χ0v) is 16.1. The van der Waals surface area contributed by atoms with Gasteiger partial charge in [-0.3, -0.25) is 19.8 Å². The number of rotatable bonds is 5. The molecule has 0 aliphatic carbocycles. The second-order valence-electron chi connectivity index (χ2n) is 6.63. The molecule has 0 radical (unpaired) electrons. The number of phenols is 1. The molecule has 0 saturated carbocycles. The van der Waals surface area contributed by atoms with Gasteiger partial charge in [-0.15, -0.1) is 0 Å². The highest BCUT2D eigenvalue weighted by molar-refractivity contribution is 6.33. The molecule has 1 fully saturated rings. The van der Waals surface area contributed by atoms with E-state index in [1.807, 2.05) is 12.1 Å². The molecule has 1 saturated heterocycles. The first-order chi connectivity index (χ1) is 13.3. The molecule has 1 heterocycles. The normalized spacial score (nSPS) is 15.9. The summed E-state index contributed by atoms with van der Waals surface area (Å²) in [5.41, 5.74) is 1.13. The predicted molar refractivity (Wildman–Crippen MR) is 108 cm³/mol. The summed E-state index contributed by atoms with van der Waals surface area (Å²) in [5.74, 6) is -0.0343. The van der Waals surface area contributed by atoms with Gasteiger partial charge >= 0.3 is 0 Å². The molecule has 1 aliphatic heterocycles. The third-order valence-electron chi connectivity index (χ3n) is 4.87. The zero-order chi connectivity index (χ0) is 20.3. The Morgan fingerprint density at radius 1 is 1.18 bits per heavy atom. The Kier molecular flexibility index (Phi) is 6.01. The van der Waals surface area contributed by atoms with Crippen molar-refractivity contribution in [3.05, 3.63) is 57.6 Å². The summed E-state index contributed by atoms with van der Waals surface area (Å²) >= 11 is 6.06. The van der Waals surface area contributed by atoms with Gasteiger partial charge in [-0.1, -0.05) is 11.6 Å². The van der Waals surface area contributed by atoms with Crippen molar-refractivity contribution in [1.82, 2.24) is 4.90 Å². The van der Waals surface area contributed by atoms with Crippen molar-refractivity contribution in [2.75, 3.05) is 36.4 Å².